The molecule has 1 heterocycles. The van der Waals surface area contributed by atoms with Crippen LogP contribution in [0.2, 0.25) is 0 Å². The van der Waals surface area contributed by atoms with Gasteiger partial charge in [-0.1, -0.05) is 13.0 Å². The molecule has 0 spiro atoms. The van der Waals surface area contributed by atoms with Crippen LogP contribution in [0.15, 0.2) is 18.2 Å². The zero-order chi connectivity index (χ0) is 14.9. The Labute approximate surface area is 117 Å². The highest BCUT2D eigenvalue weighted by Gasteiger charge is 2.37. The number of carboxylic acids is 1. The Balaban J connectivity index is 2.30. The molecular weight excluding hydrogens is 258 g/mol. The van der Waals surface area contributed by atoms with Crippen molar-refractivity contribution in [3.8, 4) is 5.75 Å². The zero-order valence-corrected chi connectivity index (χ0v) is 11.7. The van der Waals surface area contributed by atoms with Crippen molar-refractivity contribution in [3.63, 3.8) is 0 Å². The number of benzene rings is 1. The summed E-state index contributed by atoms with van der Waals surface area (Å²) in [6.07, 6.45) is 1.61. The molecule has 0 bridgehead atoms. The monoisotopic (exact) mass is 277 g/mol. The van der Waals surface area contributed by atoms with E-state index in [9.17, 15) is 19.8 Å². The molecule has 1 aromatic rings. The van der Waals surface area contributed by atoms with Crippen molar-refractivity contribution in [2.45, 2.75) is 32.7 Å². The van der Waals surface area contributed by atoms with E-state index in [2.05, 4.69) is 0 Å². The fourth-order valence-corrected chi connectivity index (χ4v) is 2.70. The van der Waals surface area contributed by atoms with Gasteiger partial charge < -0.3 is 15.1 Å². The molecule has 1 amide bonds. The third-order valence-corrected chi connectivity index (χ3v) is 3.90. The maximum atomic E-state index is 12.5. The summed E-state index contributed by atoms with van der Waals surface area (Å²) in [7, 11) is 0. The van der Waals surface area contributed by atoms with Crippen LogP contribution < -0.4 is 0 Å². The highest BCUT2D eigenvalue weighted by atomic mass is 16.4. The zero-order valence-electron chi connectivity index (χ0n) is 11.7. The highest BCUT2D eigenvalue weighted by molar-refractivity contribution is 5.97. The van der Waals surface area contributed by atoms with Crippen LogP contribution in [-0.2, 0) is 4.79 Å². The van der Waals surface area contributed by atoms with E-state index in [0.717, 1.165) is 12.8 Å². The second-order valence-corrected chi connectivity index (χ2v) is 5.40. The molecular formula is C15H19NO4. The third kappa shape index (κ3) is 2.61. The lowest BCUT2D eigenvalue weighted by Crippen LogP contribution is -2.51. The summed E-state index contributed by atoms with van der Waals surface area (Å²) in [5, 5.41) is 19.0. The summed E-state index contributed by atoms with van der Waals surface area (Å²) in [6, 6.07) is 3.89. The van der Waals surface area contributed by atoms with Crippen LogP contribution in [0.4, 0.5) is 0 Å². The number of aromatic hydroxyl groups is 1. The van der Waals surface area contributed by atoms with Crippen LogP contribution in [0.25, 0.3) is 0 Å². The van der Waals surface area contributed by atoms with Crippen molar-refractivity contribution < 1.29 is 19.8 Å². The number of piperidine rings is 1. The average Bonchev–Trinajstić information content (AvgIpc) is 2.40. The first kappa shape index (κ1) is 14.4. The van der Waals surface area contributed by atoms with Gasteiger partial charge in [0.05, 0.1) is 0 Å². The Morgan fingerprint density at radius 3 is 2.65 bits per heavy atom. The smallest absolute Gasteiger partial charge is 0.326 e. The van der Waals surface area contributed by atoms with Crippen LogP contribution in [0.1, 0.15) is 35.7 Å². The van der Waals surface area contributed by atoms with Crippen molar-refractivity contribution in [2.75, 3.05) is 6.54 Å². The minimum absolute atomic E-state index is 0.0489. The molecule has 2 N–H and O–H groups in total. The number of aryl methyl sites for hydroxylation is 1. The second kappa shape index (κ2) is 5.53. The second-order valence-electron chi connectivity index (χ2n) is 5.40. The minimum Gasteiger partial charge on any atom is -0.508 e. The quantitative estimate of drug-likeness (QED) is 0.867. The van der Waals surface area contributed by atoms with Crippen molar-refractivity contribution in [1.29, 1.82) is 0 Å². The van der Waals surface area contributed by atoms with Crippen molar-refractivity contribution >= 4 is 11.9 Å². The van der Waals surface area contributed by atoms with Gasteiger partial charge >= 0.3 is 5.97 Å². The first-order valence-corrected chi connectivity index (χ1v) is 6.75. The molecule has 108 valence electrons. The van der Waals surface area contributed by atoms with Gasteiger partial charge in [-0.05, 0) is 43.4 Å². The Morgan fingerprint density at radius 1 is 1.35 bits per heavy atom. The summed E-state index contributed by atoms with van der Waals surface area (Å²) >= 11 is 0. The number of amides is 1. The van der Waals surface area contributed by atoms with Crippen molar-refractivity contribution in [1.82, 2.24) is 4.90 Å². The maximum Gasteiger partial charge on any atom is 0.326 e. The Morgan fingerprint density at radius 2 is 2.05 bits per heavy atom. The van der Waals surface area contributed by atoms with E-state index in [1.54, 1.807) is 19.1 Å². The minimum atomic E-state index is -0.970. The van der Waals surface area contributed by atoms with Crippen LogP contribution in [-0.4, -0.2) is 39.6 Å². The number of phenols is 1. The number of hydrogen-bond acceptors (Lipinski definition) is 3. The van der Waals surface area contributed by atoms with Gasteiger partial charge in [-0.15, -0.1) is 0 Å². The van der Waals surface area contributed by atoms with Gasteiger partial charge in [0.1, 0.15) is 11.8 Å². The molecule has 2 rings (SSSR count). The van der Waals surface area contributed by atoms with Gasteiger partial charge in [-0.2, -0.15) is 0 Å². The van der Waals surface area contributed by atoms with E-state index < -0.39 is 12.0 Å². The normalized spacial score (nSPS) is 22.6. The van der Waals surface area contributed by atoms with Gasteiger partial charge in [0.2, 0.25) is 0 Å². The van der Waals surface area contributed by atoms with Gasteiger partial charge in [0.15, 0.2) is 0 Å². The first-order chi connectivity index (χ1) is 9.41. The summed E-state index contributed by atoms with van der Waals surface area (Å²) in [6.45, 7) is 4.03. The van der Waals surface area contributed by atoms with Crippen LogP contribution in [0.3, 0.4) is 0 Å². The van der Waals surface area contributed by atoms with Crippen molar-refractivity contribution in [2.24, 2.45) is 5.92 Å². The van der Waals surface area contributed by atoms with Crippen molar-refractivity contribution in [3.05, 3.63) is 29.3 Å². The Hall–Kier alpha value is -2.04. The fraction of sp³-hybridized carbons (Fsp3) is 0.467. The molecule has 5 heteroatoms. The van der Waals surface area contributed by atoms with E-state index in [0.29, 0.717) is 17.7 Å². The molecule has 2 unspecified atom stereocenters. The number of carbonyl (C=O) groups excluding carboxylic acids is 1. The van der Waals surface area contributed by atoms with Crippen LogP contribution in [0, 0.1) is 12.8 Å². The molecule has 0 aliphatic carbocycles. The highest BCUT2D eigenvalue weighted by Crippen LogP contribution is 2.26. The Bertz CT molecular complexity index is 541. The number of carbonyl (C=O) groups is 2. The van der Waals surface area contributed by atoms with Gasteiger partial charge in [-0.3, -0.25) is 4.79 Å². The SMILES string of the molecule is Cc1ccc(C(=O)N2CCCC(C)C2C(=O)O)cc1O. The van der Waals surface area contributed by atoms with Gasteiger partial charge in [0, 0.05) is 12.1 Å². The molecule has 1 aliphatic rings. The summed E-state index contributed by atoms with van der Waals surface area (Å²) in [5.41, 5.74) is 1.01. The number of hydrogen-bond donors (Lipinski definition) is 2. The predicted molar refractivity (Wildman–Crippen MR) is 73.7 cm³/mol. The summed E-state index contributed by atoms with van der Waals surface area (Å²) in [5.74, 6) is -1.32. The lowest BCUT2D eigenvalue weighted by atomic mass is 9.90. The van der Waals surface area contributed by atoms with E-state index in [1.807, 2.05) is 6.92 Å². The standard InChI is InChI=1S/C15H19NO4/c1-9-5-6-11(8-12(9)17)14(18)16-7-3-4-10(2)13(16)15(19)20/h5-6,8,10,13,17H,3-4,7H2,1-2H3,(H,19,20). The molecule has 1 fully saturated rings. The average molecular weight is 277 g/mol. The lowest BCUT2D eigenvalue weighted by molar-refractivity contribution is -0.145. The molecule has 0 saturated carbocycles. The van der Waals surface area contributed by atoms with E-state index >= 15 is 0 Å². The summed E-state index contributed by atoms with van der Waals surface area (Å²) < 4.78 is 0. The number of aliphatic carboxylic acids is 1. The molecule has 5 nitrogen and oxygen atoms in total. The number of nitrogens with zero attached hydrogens (tertiary/aromatic N) is 1. The maximum absolute atomic E-state index is 12.5. The number of phenolic OH excluding ortho intramolecular Hbond substituents is 1. The van der Waals surface area contributed by atoms with E-state index in [4.69, 9.17) is 0 Å². The number of likely N-dealkylation sites (tertiary alicyclic amines) is 1. The Kier molecular flexibility index (Phi) is 3.97. The number of carboxylic acid groups (broad SMARTS) is 1. The van der Waals surface area contributed by atoms with Gasteiger partial charge in [-0.25, -0.2) is 4.79 Å². The molecule has 1 aliphatic heterocycles. The first-order valence-electron chi connectivity index (χ1n) is 6.75. The molecule has 20 heavy (non-hydrogen) atoms. The third-order valence-electron chi connectivity index (χ3n) is 3.90. The summed E-state index contributed by atoms with van der Waals surface area (Å²) in [4.78, 5) is 25.3. The van der Waals surface area contributed by atoms with Crippen LogP contribution in [0.5, 0.6) is 5.75 Å². The fourth-order valence-electron chi connectivity index (χ4n) is 2.70. The van der Waals surface area contributed by atoms with Gasteiger partial charge in [0.25, 0.3) is 5.91 Å². The molecule has 0 radical (unpaired) electrons. The predicted octanol–water partition coefficient (Wildman–Crippen LogP) is 2.03. The molecule has 1 saturated heterocycles. The van der Waals surface area contributed by atoms with E-state index in [-0.39, 0.29) is 17.6 Å². The topological polar surface area (TPSA) is 77.8 Å². The molecule has 0 aromatic heterocycles. The van der Waals surface area contributed by atoms with Crippen LogP contribution >= 0.6 is 0 Å². The molecule has 1 aromatic carbocycles. The largest absolute Gasteiger partial charge is 0.508 e. The molecule has 2 atom stereocenters. The lowest BCUT2D eigenvalue weighted by Gasteiger charge is -2.37. The number of rotatable bonds is 2. The van der Waals surface area contributed by atoms with E-state index in [1.165, 1.54) is 11.0 Å².